The third-order valence-corrected chi connectivity index (χ3v) is 1.80. The lowest BCUT2D eigenvalue weighted by Crippen LogP contribution is -2.12. The van der Waals surface area contributed by atoms with Crippen LogP contribution in [0.4, 0.5) is 0 Å². The molecule has 0 aliphatic rings. The summed E-state index contributed by atoms with van der Waals surface area (Å²) in [6, 6.07) is 15.5. The van der Waals surface area contributed by atoms with Gasteiger partial charge in [0.05, 0.1) is 5.84 Å². The molecule has 3 N–H and O–H groups in total. The van der Waals surface area contributed by atoms with Gasteiger partial charge in [-0.25, -0.2) is 0 Å². The molecule has 17 heavy (non-hydrogen) atoms. The van der Waals surface area contributed by atoms with Crippen molar-refractivity contribution in [2.24, 2.45) is 5.73 Å². The normalized spacial score (nSPS) is 8.24. The van der Waals surface area contributed by atoms with E-state index in [2.05, 4.69) is 4.98 Å². The minimum Gasteiger partial charge on any atom is -0.387 e. The molecular weight excluding hydrogens is 234 g/mol. The van der Waals surface area contributed by atoms with Gasteiger partial charge >= 0.3 is 0 Å². The number of hydrogen-bond acceptors (Lipinski definition) is 2. The fraction of sp³-hybridized carbons (Fsp3) is 0.0769. The number of hydrogen-bond donors (Lipinski definition) is 2. The molecule has 3 nitrogen and oxygen atoms in total. The Kier molecular flexibility index (Phi) is 8.33. The maximum atomic E-state index is 7.01. The number of aromatic nitrogens is 1. The Hall–Kier alpha value is -1.87. The number of nitrogens with zero attached hydrogens (tertiary/aromatic N) is 1. The van der Waals surface area contributed by atoms with Crippen LogP contribution in [0.15, 0.2) is 60.9 Å². The molecule has 2 aromatic rings. The lowest BCUT2D eigenvalue weighted by Gasteiger charge is -1.96. The van der Waals surface area contributed by atoms with Gasteiger partial charge < -0.3 is 5.73 Å². The Morgan fingerprint density at radius 1 is 1.00 bits per heavy atom. The summed E-state index contributed by atoms with van der Waals surface area (Å²) in [6.07, 6.45) is 4.06. The van der Waals surface area contributed by atoms with E-state index in [1.54, 1.807) is 12.4 Å². The average molecular weight is 250 g/mol. The monoisotopic (exact) mass is 249 g/mol. The predicted molar refractivity (Wildman–Crippen MR) is 73.5 cm³/mol. The Bertz CT molecular complexity index is 377. The third kappa shape index (κ3) is 7.99. The van der Waals surface area contributed by atoms with Gasteiger partial charge in [0.15, 0.2) is 0 Å². The van der Waals surface area contributed by atoms with E-state index >= 15 is 0 Å². The van der Waals surface area contributed by atoms with Gasteiger partial charge in [0.25, 0.3) is 0 Å². The summed E-state index contributed by atoms with van der Waals surface area (Å²) < 4.78 is 0. The Morgan fingerprint density at radius 3 is 1.88 bits per heavy atom. The van der Waals surface area contributed by atoms with Gasteiger partial charge in [-0.3, -0.25) is 10.4 Å². The zero-order chi connectivity index (χ0) is 11.6. The number of benzene rings is 1. The predicted octanol–water partition coefficient (Wildman–Crippen LogP) is 2.67. The summed E-state index contributed by atoms with van der Waals surface area (Å²) in [4.78, 5) is 3.78. The molecule has 0 aliphatic heterocycles. The molecule has 0 bridgehead atoms. The first-order chi connectivity index (χ1) is 7.79. The highest BCUT2D eigenvalue weighted by molar-refractivity contribution is 5.85. The highest BCUT2D eigenvalue weighted by Gasteiger charge is 1.90. The minimum atomic E-state index is 0. The van der Waals surface area contributed by atoms with Crippen LogP contribution in [0, 0.1) is 5.41 Å². The van der Waals surface area contributed by atoms with Gasteiger partial charge in [-0.1, -0.05) is 36.4 Å². The number of halogens is 1. The van der Waals surface area contributed by atoms with Crippen molar-refractivity contribution < 1.29 is 0 Å². The number of pyridine rings is 1. The highest BCUT2D eigenvalue weighted by atomic mass is 35.5. The molecule has 0 spiro atoms. The molecule has 0 radical (unpaired) electrons. The second-order valence-electron chi connectivity index (χ2n) is 3.21. The van der Waals surface area contributed by atoms with Crippen molar-refractivity contribution in [3.63, 3.8) is 0 Å². The molecule has 0 amide bonds. The summed E-state index contributed by atoms with van der Waals surface area (Å²) in [5.41, 5.74) is 6.30. The number of amidine groups is 1. The molecule has 4 heteroatoms. The van der Waals surface area contributed by atoms with Crippen LogP contribution < -0.4 is 5.73 Å². The molecule has 0 aliphatic carbocycles. The van der Waals surface area contributed by atoms with Crippen LogP contribution in [0.3, 0.4) is 0 Å². The number of nitrogens with two attached hydrogens (primary N) is 1. The molecule has 0 saturated carbocycles. The molecule has 0 fully saturated rings. The Morgan fingerprint density at radius 2 is 1.53 bits per heavy atom. The molecule has 1 heterocycles. The summed E-state index contributed by atoms with van der Waals surface area (Å²) in [5, 5.41) is 7.01. The minimum absolute atomic E-state index is 0. The maximum Gasteiger partial charge on any atom is 0.0950 e. The van der Waals surface area contributed by atoms with E-state index in [1.165, 1.54) is 0 Å². The lowest BCUT2D eigenvalue weighted by atomic mass is 10.1. The molecule has 0 saturated heterocycles. The second-order valence-corrected chi connectivity index (χ2v) is 3.21. The number of nitrogens with one attached hydrogen (secondary N) is 1. The van der Waals surface area contributed by atoms with Crippen molar-refractivity contribution in [2.45, 2.75) is 6.42 Å². The van der Waals surface area contributed by atoms with E-state index in [4.69, 9.17) is 11.1 Å². The Labute approximate surface area is 108 Å². The summed E-state index contributed by atoms with van der Waals surface area (Å²) in [7, 11) is 0. The largest absolute Gasteiger partial charge is 0.387 e. The van der Waals surface area contributed by atoms with Gasteiger partial charge in [0.1, 0.15) is 0 Å². The zero-order valence-electron chi connectivity index (χ0n) is 9.41. The standard InChI is InChI=1S/C8H10N2.C5H5N.ClH/c9-8(10)6-7-4-2-1-3-5-7;1-2-4-6-5-3-1;/h1-5H,6H2,(H3,9,10);1-5H;1H. The first-order valence-corrected chi connectivity index (χ1v) is 5.01. The molecule has 1 aromatic carbocycles. The average Bonchev–Trinajstić information content (AvgIpc) is 2.32. The van der Waals surface area contributed by atoms with Crippen molar-refractivity contribution in [3.8, 4) is 0 Å². The van der Waals surface area contributed by atoms with E-state index in [1.807, 2.05) is 48.5 Å². The van der Waals surface area contributed by atoms with Gasteiger partial charge in [0, 0.05) is 18.8 Å². The molecular formula is C13H16ClN3. The molecule has 1 aromatic heterocycles. The van der Waals surface area contributed by atoms with E-state index < -0.39 is 0 Å². The van der Waals surface area contributed by atoms with Crippen LogP contribution in [0.2, 0.25) is 0 Å². The van der Waals surface area contributed by atoms with E-state index in [9.17, 15) is 0 Å². The van der Waals surface area contributed by atoms with Crippen molar-refractivity contribution >= 4 is 18.2 Å². The highest BCUT2D eigenvalue weighted by Crippen LogP contribution is 1.97. The van der Waals surface area contributed by atoms with Crippen LogP contribution in [0.1, 0.15) is 5.56 Å². The Balaban J connectivity index is 0.000000316. The quantitative estimate of drug-likeness (QED) is 0.635. The van der Waals surface area contributed by atoms with E-state index in [0.29, 0.717) is 6.42 Å². The van der Waals surface area contributed by atoms with Crippen LogP contribution >= 0.6 is 12.4 Å². The summed E-state index contributed by atoms with van der Waals surface area (Å²) in [6.45, 7) is 0. The number of rotatable bonds is 2. The first-order valence-electron chi connectivity index (χ1n) is 5.01. The summed E-state index contributed by atoms with van der Waals surface area (Å²) in [5.74, 6) is 0.214. The molecule has 0 atom stereocenters. The summed E-state index contributed by atoms with van der Waals surface area (Å²) >= 11 is 0. The van der Waals surface area contributed by atoms with Gasteiger partial charge in [-0.2, -0.15) is 0 Å². The fourth-order valence-corrected chi connectivity index (χ4v) is 1.13. The lowest BCUT2D eigenvalue weighted by molar-refractivity contribution is 1.25. The zero-order valence-corrected chi connectivity index (χ0v) is 10.2. The van der Waals surface area contributed by atoms with E-state index in [0.717, 1.165) is 5.56 Å². The first kappa shape index (κ1) is 15.1. The van der Waals surface area contributed by atoms with Crippen molar-refractivity contribution in [1.82, 2.24) is 4.98 Å². The van der Waals surface area contributed by atoms with Gasteiger partial charge in [-0.15, -0.1) is 12.4 Å². The van der Waals surface area contributed by atoms with Crippen LogP contribution in [-0.4, -0.2) is 10.8 Å². The van der Waals surface area contributed by atoms with Gasteiger partial charge in [0.2, 0.25) is 0 Å². The third-order valence-electron chi connectivity index (χ3n) is 1.80. The molecule has 0 unspecified atom stereocenters. The van der Waals surface area contributed by atoms with Crippen LogP contribution in [0.5, 0.6) is 0 Å². The topological polar surface area (TPSA) is 62.8 Å². The maximum absolute atomic E-state index is 7.01. The van der Waals surface area contributed by atoms with Crippen molar-refractivity contribution in [3.05, 3.63) is 66.5 Å². The fourth-order valence-electron chi connectivity index (χ4n) is 1.13. The van der Waals surface area contributed by atoms with Crippen LogP contribution in [-0.2, 0) is 6.42 Å². The molecule has 90 valence electrons. The van der Waals surface area contributed by atoms with Gasteiger partial charge in [-0.05, 0) is 17.7 Å². The smallest absolute Gasteiger partial charge is 0.0950 e. The second kappa shape index (κ2) is 9.36. The van der Waals surface area contributed by atoms with Crippen molar-refractivity contribution in [2.75, 3.05) is 0 Å². The van der Waals surface area contributed by atoms with Crippen molar-refractivity contribution in [1.29, 1.82) is 5.41 Å². The van der Waals surface area contributed by atoms with E-state index in [-0.39, 0.29) is 18.2 Å². The van der Waals surface area contributed by atoms with Crippen LogP contribution in [0.25, 0.3) is 0 Å². The molecule has 2 rings (SSSR count). The SMILES string of the molecule is Cl.N=C(N)Cc1ccccc1.c1ccncc1.